The molecule has 0 saturated heterocycles. The minimum atomic E-state index is -0.264. The number of rotatable bonds is 7. The van der Waals surface area contributed by atoms with E-state index in [0.29, 0.717) is 19.8 Å². The molecule has 0 heterocycles. The second-order valence-electron chi connectivity index (χ2n) is 2.85. The molecule has 1 N–H and O–H groups in total. The molecule has 0 radical (unpaired) electrons. The normalized spacial score (nSPS) is 10.4. The molecule has 0 aliphatic carbocycles. The van der Waals surface area contributed by atoms with Crippen molar-refractivity contribution >= 4 is 11.7 Å². The Hall–Kier alpha value is -1.16. The Morgan fingerprint density at radius 3 is 2.57 bits per heavy atom. The van der Waals surface area contributed by atoms with Gasteiger partial charge in [-0.05, 0) is 19.4 Å². The van der Waals surface area contributed by atoms with Crippen LogP contribution in [0.15, 0.2) is 12.2 Å². The monoisotopic (exact) mass is 199 g/mol. The number of nitrogens with one attached hydrogen (secondary N) is 1. The van der Waals surface area contributed by atoms with Crippen LogP contribution in [-0.2, 0) is 14.3 Å². The number of ketones is 1. The standard InChI is InChI=1S/C10H17NO3/c1-3-7-14-8-6-11-10(13)5-4-9(2)12/h4-5H,3,6-8H2,1-2H3,(H,11,13)/b5-4+. The van der Waals surface area contributed by atoms with Gasteiger partial charge in [0.05, 0.1) is 6.61 Å². The number of amides is 1. The van der Waals surface area contributed by atoms with Crippen LogP contribution in [-0.4, -0.2) is 31.4 Å². The molecule has 0 rings (SSSR count). The van der Waals surface area contributed by atoms with Crippen molar-refractivity contribution in [1.82, 2.24) is 5.32 Å². The topological polar surface area (TPSA) is 55.4 Å². The van der Waals surface area contributed by atoms with Crippen molar-refractivity contribution in [3.05, 3.63) is 12.2 Å². The zero-order valence-corrected chi connectivity index (χ0v) is 8.71. The Balaban J connectivity index is 3.40. The molecule has 80 valence electrons. The van der Waals surface area contributed by atoms with Crippen LogP contribution in [0.3, 0.4) is 0 Å². The molecule has 0 unspecified atom stereocenters. The molecule has 4 heteroatoms. The van der Waals surface area contributed by atoms with Gasteiger partial charge in [0, 0.05) is 19.2 Å². The van der Waals surface area contributed by atoms with Gasteiger partial charge in [0.25, 0.3) is 0 Å². The molecule has 0 atom stereocenters. The summed E-state index contributed by atoms with van der Waals surface area (Å²) < 4.78 is 5.15. The van der Waals surface area contributed by atoms with Crippen molar-refractivity contribution in [2.75, 3.05) is 19.8 Å². The summed E-state index contributed by atoms with van der Waals surface area (Å²) in [7, 11) is 0. The highest BCUT2D eigenvalue weighted by molar-refractivity contribution is 5.96. The molecule has 1 amide bonds. The van der Waals surface area contributed by atoms with Crippen LogP contribution < -0.4 is 5.32 Å². The number of allylic oxidation sites excluding steroid dienone is 1. The summed E-state index contributed by atoms with van der Waals surface area (Å²) in [5, 5.41) is 2.59. The van der Waals surface area contributed by atoms with Crippen molar-refractivity contribution in [1.29, 1.82) is 0 Å². The van der Waals surface area contributed by atoms with Crippen molar-refractivity contribution in [3.63, 3.8) is 0 Å². The van der Waals surface area contributed by atoms with Crippen molar-refractivity contribution in [2.45, 2.75) is 20.3 Å². The summed E-state index contributed by atoms with van der Waals surface area (Å²) in [6.07, 6.45) is 3.43. The molecule has 0 aromatic rings. The summed E-state index contributed by atoms with van der Waals surface area (Å²) in [6.45, 7) is 5.11. The predicted octanol–water partition coefficient (Wildman–Crippen LogP) is 0.674. The van der Waals surface area contributed by atoms with E-state index < -0.39 is 0 Å². The van der Waals surface area contributed by atoms with Crippen LogP contribution in [0, 0.1) is 0 Å². The van der Waals surface area contributed by atoms with Crippen molar-refractivity contribution < 1.29 is 14.3 Å². The maximum absolute atomic E-state index is 11.0. The second kappa shape index (κ2) is 8.44. The molecular weight excluding hydrogens is 182 g/mol. The molecule has 0 spiro atoms. The van der Waals surface area contributed by atoms with E-state index in [-0.39, 0.29) is 11.7 Å². The maximum atomic E-state index is 11.0. The first-order chi connectivity index (χ1) is 6.66. The van der Waals surface area contributed by atoms with E-state index in [2.05, 4.69) is 5.32 Å². The average Bonchev–Trinajstić information content (AvgIpc) is 2.14. The van der Waals surface area contributed by atoms with Gasteiger partial charge in [-0.25, -0.2) is 0 Å². The first kappa shape index (κ1) is 12.8. The van der Waals surface area contributed by atoms with Gasteiger partial charge in [0.1, 0.15) is 0 Å². The summed E-state index contributed by atoms with van der Waals surface area (Å²) in [5.41, 5.74) is 0. The lowest BCUT2D eigenvalue weighted by Crippen LogP contribution is -2.25. The largest absolute Gasteiger partial charge is 0.380 e. The summed E-state index contributed by atoms with van der Waals surface area (Å²) >= 11 is 0. The van der Waals surface area contributed by atoms with Gasteiger partial charge < -0.3 is 10.1 Å². The molecule has 0 aromatic carbocycles. The lowest BCUT2D eigenvalue weighted by Gasteiger charge is -2.02. The molecule has 0 bridgehead atoms. The number of carbonyl (C=O) groups excluding carboxylic acids is 2. The minimum absolute atomic E-state index is 0.137. The molecule has 4 nitrogen and oxygen atoms in total. The fraction of sp³-hybridized carbons (Fsp3) is 0.600. The number of hydrogen-bond donors (Lipinski definition) is 1. The van der Waals surface area contributed by atoms with E-state index in [1.165, 1.54) is 19.1 Å². The highest BCUT2D eigenvalue weighted by atomic mass is 16.5. The SMILES string of the molecule is CCCOCCNC(=O)/C=C/C(C)=O. The molecule has 0 aliphatic rings. The zero-order chi connectivity index (χ0) is 10.8. The van der Waals surface area contributed by atoms with E-state index in [9.17, 15) is 9.59 Å². The van der Waals surface area contributed by atoms with Crippen LogP contribution in [0.25, 0.3) is 0 Å². The van der Waals surface area contributed by atoms with Gasteiger partial charge in [-0.1, -0.05) is 6.92 Å². The third-order valence-corrected chi connectivity index (χ3v) is 1.36. The van der Waals surface area contributed by atoms with E-state index in [1.807, 2.05) is 6.92 Å². The molecule has 0 aromatic heterocycles. The van der Waals surface area contributed by atoms with Crippen LogP contribution in [0.1, 0.15) is 20.3 Å². The van der Waals surface area contributed by atoms with Crippen LogP contribution in [0.2, 0.25) is 0 Å². The number of carbonyl (C=O) groups is 2. The third kappa shape index (κ3) is 8.93. The van der Waals surface area contributed by atoms with Gasteiger partial charge in [-0.15, -0.1) is 0 Å². The number of ether oxygens (including phenoxy) is 1. The van der Waals surface area contributed by atoms with Gasteiger partial charge in [0.2, 0.25) is 5.91 Å². The fourth-order valence-corrected chi connectivity index (χ4v) is 0.745. The van der Waals surface area contributed by atoms with Gasteiger partial charge in [0.15, 0.2) is 5.78 Å². The van der Waals surface area contributed by atoms with E-state index in [4.69, 9.17) is 4.74 Å². The predicted molar refractivity (Wildman–Crippen MR) is 53.9 cm³/mol. The third-order valence-electron chi connectivity index (χ3n) is 1.36. The van der Waals surface area contributed by atoms with Crippen LogP contribution in [0.5, 0.6) is 0 Å². The first-order valence-electron chi connectivity index (χ1n) is 4.71. The Bertz CT molecular complexity index is 211. The first-order valence-corrected chi connectivity index (χ1v) is 4.71. The van der Waals surface area contributed by atoms with Crippen molar-refractivity contribution in [2.24, 2.45) is 0 Å². The lowest BCUT2D eigenvalue weighted by molar-refractivity contribution is -0.117. The van der Waals surface area contributed by atoms with Crippen molar-refractivity contribution in [3.8, 4) is 0 Å². The Kier molecular flexibility index (Phi) is 7.74. The molecule has 0 saturated carbocycles. The quantitative estimate of drug-likeness (QED) is 0.484. The van der Waals surface area contributed by atoms with E-state index in [0.717, 1.165) is 6.42 Å². The van der Waals surface area contributed by atoms with Gasteiger partial charge in [-0.3, -0.25) is 9.59 Å². The fourth-order valence-electron chi connectivity index (χ4n) is 0.745. The molecule has 0 aliphatic heterocycles. The second-order valence-corrected chi connectivity index (χ2v) is 2.85. The Morgan fingerprint density at radius 2 is 2.00 bits per heavy atom. The number of hydrogen-bond acceptors (Lipinski definition) is 3. The highest BCUT2D eigenvalue weighted by Gasteiger charge is 1.94. The lowest BCUT2D eigenvalue weighted by atomic mass is 10.4. The Labute approximate surface area is 84.3 Å². The molecule has 0 fully saturated rings. The molecular formula is C10H17NO3. The van der Waals surface area contributed by atoms with E-state index in [1.54, 1.807) is 0 Å². The van der Waals surface area contributed by atoms with Gasteiger partial charge >= 0.3 is 0 Å². The zero-order valence-electron chi connectivity index (χ0n) is 8.71. The summed E-state index contributed by atoms with van der Waals surface area (Å²) in [4.78, 5) is 21.4. The van der Waals surface area contributed by atoms with E-state index >= 15 is 0 Å². The van der Waals surface area contributed by atoms with Crippen LogP contribution >= 0.6 is 0 Å². The highest BCUT2D eigenvalue weighted by Crippen LogP contribution is 1.79. The maximum Gasteiger partial charge on any atom is 0.244 e. The average molecular weight is 199 g/mol. The Morgan fingerprint density at radius 1 is 1.29 bits per heavy atom. The summed E-state index contributed by atoms with van der Waals surface area (Å²) in [5.74, 6) is -0.400. The van der Waals surface area contributed by atoms with Gasteiger partial charge in [-0.2, -0.15) is 0 Å². The van der Waals surface area contributed by atoms with Crippen LogP contribution in [0.4, 0.5) is 0 Å². The smallest absolute Gasteiger partial charge is 0.244 e. The minimum Gasteiger partial charge on any atom is -0.380 e. The summed E-state index contributed by atoms with van der Waals surface area (Å²) in [6, 6.07) is 0. The molecule has 14 heavy (non-hydrogen) atoms.